The fourth-order valence-corrected chi connectivity index (χ4v) is 3.14. The Hall–Kier alpha value is -2.80. The Morgan fingerprint density at radius 1 is 1.28 bits per heavy atom. The van der Waals surface area contributed by atoms with E-state index in [9.17, 15) is 4.39 Å². The van der Waals surface area contributed by atoms with Gasteiger partial charge in [-0.05, 0) is 31.5 Å². The third-order valence-electron chi connectivity index (χ3n) is 4.30. The maximum atomic E-state index is 13.8. The molecule has 0 aliphatic carbocycles. The molecule has 1 aliphatic rings. The Bertz CT molecular complexity index is 839. The first-order valence-corrected chi connectivity index (χ1v) is 8.26. The highest BCUT2D eigenvalue weighted by atomic mass is 19.1. The smallest absolute Gasteiger partial charge is 0.238 e. The van der Waals surface area contributed by atoms with Crippen molar-refractivity contribution in [2.24, 2.45) is 0 Å². The average molecular weight is 339 g/mol. The van der Waals surface area contributed by atoms with Crippen molar-refractivity contribution in [1.29, 1.82) is 0 Å². The van der Waals surface area contributed by atoms with Gasteiger partial charge in [0.1, 0.15) is 5.82 Å². The van der Waals surface area contributed by atoms with Crippen molar-refractivity contribution in [3.8, 4) is 11.6 Å². The maximum Gasteiger partial charge on any atom is 0.238 e. The van der Waals surface area contributed by atoms with Crippen LogP contribution in [-0.2, 0) is 6.54 Å². The largest absolute Gasteiger partial charge is 0.434 e. The van der Waals surface area contributed by atoms with Gasteiger partial charge in [-0.15, -0.1) is 0 Å². The second kappa shape index (κ2) is 6.98. The van der Waals surface area contributed by atoms with E-state index in [2.05, 4.69) is 24.8 Å². The molecule has 4 rings (SSSR count). The summed E-state index contributed by atoms with van der Waals surface area (Å²) >= 11 is 0. The number of ether oxygens (including phenoxy) is 1. The van der Waals surface area contributed by atoms with Crippen LogP contribution in [0.4, 0.5) is 4.39 Å². The number of hydrogen-bond donors (Lipinski definition) is 1. The van der Waals surface area contributed by atoms with Crippen molar-refractivity contribution in [3.63, 3.8) is 0 Å². The normalized spacial score (nSPS) is 17.7. The molecular formula is C18H18FN5O. The Kier molecular flexibility index (Phi) is 4.39. The molecule has 0 unspecified atom stereocenters. The monoisotopic (exact) mass is 339 g/mol. The average Bonchev–Trinajstić information content (AvgIpc) is 3.30. The van der Waals surface area contributed by atoms with Crippen LogP contribution >= 0.6 is 0 Å². The standard InChI is InChI=1S/C18H18FN5O/c19-13-4-1-2-6-16(13)25-18-11-20-10-14(23-18)15-5-3-9-24(15)12-17-21-7-8-22-17/h1-2,4,6-8,10-11,15H,3,5,9,12H2,(H,21,22)/t15-/m0/s1. The van der Waals surface area contributed by atoms with Crippen LogP contribution in [0.15, 0.2) is 49.1 Å². The SMILES string of the molecule is Fc1ccccc1Oc1cncc([C@@H]2CCCN2Cc2ncc[nH]2)n1. The highest BCUT2D eigenvalue weighted by molar-refractivity contribution is 5.28. The first-order chi connectivity index (χ1) is 12.3. The lowest BCUT2D eigenvalue weighted by molar-refractivity contribution is 0.237. The molecule has 7 heteroatoms. The summed E-state index contributed by atoms with van der Waals surface area (Å²) in [7, 11) is 0. The number of halogens is 1. The molecule has 25 heavy (non-hydrogen) atoms. The van der Waals surface area contributed by atoms with Gasteiger partial charge in [0.2, 0.25) is 5.88 Å². The van der Waals surface area contributed by atoms with Crippen LogP contribution in [0.25, 0.3) is 0 Å². The van der Waals surface area contributed by atoms with Gasteiger partial charge in [-0.3, -0.25) is 9.88 Å². The van der Waals surface area contributed by atoms with Gasteiger partial charge >= 0.3 is 0 Å². The summed E-state index contributed by atoms with van der Waals surface area (Å²) in [6.45, 7) is 1.71. The van der Waals surface area contributed by atoms with Crippen molar-refractivity contribution in [2.75, 3.05) is 6.54 Å². The molecule has 2 aromatic heterocycles. The van der Waals surface area contributed by atoms with Crippen LogP contribution in [0, 0.1) is 5.82 Å². The maximum absolute atomic E-state index is 13.8. The molecule has 1 N–H and O–H groups in total. The van der Waals surface area contributed by atoms with Gasteiger partial charge in [0.25, 0.3) is 0 Å². The number of H-pyrrole nitrogens is 1. The second-order valence-corrected chi connectivity index (χ2v) is 5.98. The first-order valence-electron chi connectivity index (χ1n) is 8.26. The van der Waals surface area contributed by atoms with Crippen LogP contribution in [0.3, 0.4) is 0 Å². The minimum Gasteiger partial charge on any atom is -0.434 e. The molecule has 3 heterocycles. The number of nitrogens with zero attached hydrogens (tertiary/aromatic N) is 4. The zero-order valence-corrected chi connectivity index (χ0v) is 13.6. The molecular weight excluding hydrogens is 321 g/mol. The summed E-state index contributed by atoms with van der Waals surface area (Å²) in [5.74, 6) is 0.953. The van der Waals surface area contributed by atoms with E-state index in [1.807, 2.05) is 6.20 Å². The summed E-state index contributed by atoms with van der Waals surface area (Å²) in [5, 5.41) is 0. The Balaban J connectivity index is 1.53. The zero-order chi connectivity index (χ0) is 17.1. The predicted octanol–water partition coefficient (Wildman–Crippen LogP) is 3.47. The van der Waals surface area contributed by atoms with Crippen molar-refractivity contribution in [1.82, 2.24) is 24.8 Å². The quantitative estimate of drug-likeness (QED) is 0.771. The van der Waals surface area contributed by atoms with Crippen LogP contribution < -0.4 is 4.74 Å². The molecule has 0 radical (unpaired) electrons. The third kappa shape index (κ3) is 3.51. The number of likely N-dealkylation sites (tertiary alicyclic amines) is 1. The molecule has 1 saturated heterocycles. The van der Waals surface area contributed by atoms with Crippen molar-refractivity contribution in [3.05, 3.63) is 66.4 Å². The Morgan fingerprint density at radius 2 is 2.20 bits per heavy atom. The lowest BCUT2D eigenvalue weighted by Gasteiger charge is -2.22. The molecule has 1 fully saturated rings. The van der Waals surface area contributed by atoms with Crippen molar-refractivity contribution < 1.29 is 9.13 Å². The number of aromatic nitrogens is 4. The van der Waals surface area contributed by atoms with Gasteiger partial charge in [-0.25, -0.2) is 14.4 Å². The van der Waals surface area contributed by atoms with E-state index in [0.717, 1.165) is 37.4 Å². The minimum atomic E-state index is -0.421. The molecule has 1 aromatic carbocycles. The molecule has 1 aliphatic heterocycles. The van der Waals surface area contributed by atoms with E-state index in [4.69, 9.17) is 4.74 Å². The number of rotatable bonds is 5. The first kappa shape index (κ1) is 15.7. The summed E-state index contributed by atoms with van der Waals surface area (Å²) in [4.78, 5) is 18.5. The van der Waals surface area contributed by atoms with Gasteiger partial charge in [-0.1, -0.05) is 12.1 Å². The van der Waals surface area contributed by atoms with Crippen LogP contribution in [0.1, 0.15) is 30.4 Å². The number of nitrogens with one attached hydrogen (secondary N) is 1. The summed E-state index contributed by atoms with van der Waals surface area (Å²) in [6, 6.07) is 6.42. The highest BCUT2D eigenvalue weighted by Gasteiger charge is 2.28. The van der Waals surface area contributed by atoms with Crippen LogP contribution in [0.2, 0.25) is 0 Å². The summed E-state index contributed by atoms with van der Waals surface area (Å²) < 4.78 is 19.3. The molecule has 1 atom stereocenters. The lowest BCUT2D eigenvalue weighted by Crippen LogP contribution is -2.24. The second-order valence-electron chi connectivity index (χ2n) is 5.98. The molecule has 0 spiro atoms. The zero-order valence-electron chi connectivity index (χ0n) is 13.6. The van der Waals surface area contributed by atoms with Crippen molar-refractivity contribution in [2.45, 2.75) is 25.4 Å². The molecule has 0 saturated carbocycles. The number of hydrogen-bond acceptors (Lipinski definition) is 5. The number of benzene rings is 1. The fraction of sp³-hybridized carbons (Fsp3) is 0.278. The molecule has 6 nitrogen and oxygen atoms in total. The van der Waals surface area contributed by atoms with Gasteiger partial charge in [0.15, 0.2) is 11.6 Å². The Morgan fingerprint density at radius 3 is 3.04 bits per heavy atom. The van der Waals surface area contributed by atoms with E-state index >= 15 is 0 Å². The predicted molar refractivity (Wildman–Crippen MR) is 89.5 cm³/mol. The third-order valence-corrected chi connectivity index (χ3v) is 4.30. The van der Waals surface area contributed by atoms with E-state index < -0.39 is 5.82 Å². The fourth-order valence-electron chi connectivity index (χ4n) is 3.14. The van der Waals surface area contributed by atoms with E-state index in [0.29, 0.717) is 5.88 Å². The summed E-state index contributed by atoms with van der Waals surface area (Å²) in [5.41, 5.74) is 0.831. The number of para-hydroxylation sites is 1. The highest BCUT2D eigenvalue weighted by Crippen LogP contribution is 2.32. The van der Waals surface area contributed by atoms with Gasteiger partial charge in [0.05, 0.1) is 30.7 Å². The van der Waals surface area contributed by atoms with Gasteiger partial charge in [-0.2, -0.15) is 0 Å². The number of aromatic amines is 1. The topological polar surface area (TPSA) is 66.9 Å². The minimum absolute atomic E-state index is 0.146. The van der Waals surface area contributed by atoms with Crippen LogP contribution in [0.5, 0.6) is 11.6 Å². The Labute approximate surface area is 144 Å². The van der Waals surface area contributed by atoms with Crippen LogP contribution in [-0.4, -0.2) is 31.4 Å². The number of imidazole rings is 1. The molecule has 128 valence electrons. The lowest BCUT2D eigenvalue weighted by atomic mass is 10.1. The van der Waals surface area contributed by atoms with E-state index in [-0.39, 0.29) is 11.8 Å². The molecule has 0 bridgehead atoms. The molecule has 0 amide bonds. The van der Waals surface area contributed by atoms with Gasteiger partial charge < -0.3 is 9.72 Å². The van der Waals surface area contributed by atoms with E-state index in [1.165, 1.54) is 12.3 Å². The van der Waals surface area contributed by atoms with E-state index in [1.54, 1.807) is 30.6 Å². The van der Waals surface area contributed by atoms with Gasteiger partial charge in [0, 0.05) is 12.4 Å². The molecule has 3 aromatic rings. The van der Waals surface area contributed by atoms with Crippen molar-refractivity contribution >= 4 is 0 Å². The summed E-state index contributed by atoms with van der Waals surface area (Å²) in [6.07, 6.45) is 8.91.